The van der Waals surface area contributed by atoms with Gasteiger partial charge in [-0.1, -0.05) is 24.3 Å². The second-order valence-electron chi connectivity index (χ2n) is 6.00. The molecule has 0 atom stereocenters. The highest BCUT2D eigenvalue weighted by Crippen LogP contribution is 2.10. The summed E-state index contributed by atoms with van der Waals surface area (Å²) in [7, 11) is 0. The van der Waals surface area contributed by atoms with Crippen molar-refractivity contribution in [3.05, 3.63) is 88.1 Å². The van der Waals surface area contributed by atoms with Crippen molar-refractivity contribution in [1.29, 1.82) is 0 Å². The number of rotatable bonds is 5. The van der Waals surface area contributed by atoms with Gasteiger partial charge in [0.1, 0.15) is 0 Å². The third kappa shape index (κ3) is 4.03. The molecule has 0 fully saturated rings. The standard InChI is InChI=1S/C19H20N4O2/c1-14-10-15(2)22(21-14)13-17-7-5-6-16(11-17)12-20-19(24)18-8-3-4-9-23(18)25/h3-11H,12-13H2,1-2H3,(H,20,24). The summed E-state index contributed by atoms with van der Waals surface area (Å²) in [4.78, 5) is 12.1. The van der Waals surface area contributed by atoms with Gasteiger partial charge in [-0.3, -0.25) is 9.48 Å². The molecule has 0 spiro atoms. The zero-order valence-corrected chi connectivity index (χ0v) is 14.3. The molecule has 0 aliphatic carbocycles. The van der Waals surface area contributed by atoms with E-state index in [1.165, 1.54) is 12.3 Å². The molecule has 0 bridgehead atoms. The number of amides is 1. The van der Waals surface area contributed by atoms with E-state index < -0.39 is 0 Å². The Labute approximate surface area is 146 Å². The number of benzene rings is 1. The lowest BCUT2D eigenvalue weighted by Gasteiger charge is -2.09. The Bertz CT molecular complexity index is 902. The predicted octanol–water partition coefficient (Wildman–Crippen LogP) is 2.11. The summed E-state index contributed by atoms with van der Waals surface area (Å²) in [5.41, 5.74) is 4.27. The number of nitrogens with zero attached hydrogens (tertiary/aromatic N) is 3. The van der Waals surface area contributed by atoms with Gasteiger partial charge < -0.3 is 10.5 Å². The van der Waals surface area contributed by atoms with Crippen molar-refractivity contribution in [3.63, 3.8) is 0 Å². The fourth-order valence-electron chi connectivity index (χ4n) is 2.72. The zero-order chi connectivity index (χ0) is 17.8. The number of aromatic nitrogens is 3. The summed E-state index contributed by atoms with van der Waals surface area (Å²) < 4.78 is 2.52. The Morgan fingerprint density at radius 1 is 1.16 bits per heavy atom. The first kappa shape index (κ1) is 16.7. The van der Waals surface area contributed by atoms with Crippen LogP contribution in [0.4, 0.5) is 0 Å². The van der Waals surface area contributed by atoms with Gasteiger partial charge in [-0.25, -0.2) is 0 Å². The van der Waals surface area contributed by atoms with Crippen LogP contribution in [0.5, 0.6) is 0 Å². The van der Waals surface area contributed by atoms with Crippen LogP contribution in [-0.2, 0) is 13.1 Å². The van der Waals surface area contributed by atoms with Crippen LogP contribution < -0.4 is 10.0 Å². The first-order valence-electron chi connectivity index (χ1n) is 8.08. The molecule has 0 aliphatic heterocycles. The SMILES string of the molecule is Cc1cc(C)n(Cc2cccc(CNC(=O)c3cccc[n+]3[O-])c2)n1. The molecule has 0 unspecified atom stereocenters. The third-order valence-corrected chi connectivity index (χ3v) is 3.94. The number of hydrogen-bond acceptors (Lipinski definition) is 3. The van der Waals surface area contributed by atoms with Gasteiger partial charge in [-0.15, -0.1) is 0 Å². The molecule has 3 aromatic rings. The topological polar surface area (TPSA) is 73.9 Å². The first-order valence-corrected chi connectivity index (χ1v) is 8.08. The Hall–Kier alpha value is -3.15. The lowest BCUT2D eigenvalue weighted by molar-refractivity contribution is -0.607. The molecule has 1 amide bonds. The van der Waals surface area contributed by atoms with Crippen LogP contribution in [0.1, 0.15) is 33.0 Å². The van der Waals surface area contributed by atoms with Crippen LogP contribution in [0.25, 0.3) is 0 Å². The molecule has 128 valence electrons. The molecule has 1 N–H and O–H groups in total. The minimum atomic E-state index is -0.389. The fourth-order valence-corrected chi connectivity index (χ4v) is 2.72. The number of carbonyl (C=O) groups excluding carboxylic acids is 1. The average Bonchev–Trinajstić information content (AvgIpc) is 2.91. The maximum atomic E-state index is 12.1. The molecule has 0 aliphatic rings. The monoisotopic (exact) mass is 336 g/mol. The van der Waals surface area contributed by atoms with Crippen LogP contribution in [-0.4, -0.2) is 15.7 Å². The lowest BCUT2D eigenvalue weighted by atomic mass is 10.1. The van der Waals surface area contributed by atoms with Crippen molar-refractivity contribution in [2.75, 3.05) is 0 Å². The minimum Gasteiger partial charge on any atom is -0.618 e. The molecule has 0 saturated carbocycles. The predicted molar refractivity (Wildman–Crippen MR) is 93.8 cm³/mol. The van der Waals surface area contributed by atoms with Gasteiger partial charge in [0.05, 0.1) is 12.2 Å². The Balaban J connectivity index is 1.67. The van der Waals surface area contributed by atoms with Crippen molar-refractivity contribution in [2.24, 2.45) is 0 Å². The van der Waals surface area contributed by atoms with Crippen molar-refractivity contribution in [1.82, 2.24) is 15.1 Å². The summed E-state index contributed by atoms with van der Waals surface area (Å²) >= 11 is 0. The second kappa shape index (κ2) is 7.17. The van der Waals surface area contributed by atoms with E-state index in [0.29, 0.717) is 17.8 Å². The largest absolute Gasteiger partial charge is 0.618 e. The van der Waals surface area contributed by atoms with Crippen LogP contribution in [0.2, 0.25) is 0 Å². The van der Waals surface area contributed by atoms with Gasteiger partial charge >= 0.3 is 5.91 Å². The van der Waals surface area contributed by atoms with E-state index in [0.717, 1.165) is 22.5 Å². The van der Waals surface area contributed by atoms with Crippen LogP contribution in [0.3, 0.4) is 0 Å². The number of aryl methyl sites for hydroxylation is 2. The summed E-state index contributed by atoms with van der Waals surface area (Å²) in [6, 6.07) is 14.8. The third-order valence-electron chi connectivity index (χ3n) is 3.94. The van der Waals surface area contributed by atoms with Crippen LogP contribution >= 0.6 is 0 Å². The summed E-state index contributed by atoms with van der Waals surface area (Å²) in [6.07, 6.45) is 1.31. The van der Waals surface area contributed by atoms with E-state index in [4.69, 9.17) is 0 Å². The zero-order valence-electron chi connectivity index (χ0n) is 14.3. The van der Waals surface area contributed by atoms with E-state index in [-0.39, 0.29) is 11.6 Å². The van der Waals surface area contributed by atoms with E-state index in [1.54, 1.807) is 12.1 Å². The van der Waals surface area contributed by atoms with Gasteiger partial charge in [0.15, 0.2) is 6.20 Å². The molecule has 2 heterocycles. The molecule has 25 heavy (non-hydrogen) atoms. The fraction of sp³-hybridized carbons (Fsp3) is 0.211. The van der Waals surface area contributed by atoms with Gasteiger partial charge in [0.2, 0.25) is 0 Å². The van der Waals surface area contributed by atoms with Gasteiger partial charge in [-0.05, 0) is 37.1 Å². The Morgan fingerprint density at radius 2 is 1.96 bits per heavy atom. The molecule has 2 aromatic heterocycles. The second-order valence-corrected chi connectivity index (χ2v) is 6.00. The normalized spacial score (nSPS) is 10.6. The highest BCUT2D eigenvalue weighted by atomic mass is 16.5. The molecule has 3 rings (SSSR count). The molecule has 0 saturated heterocycles. The minimum absolute atomic E-state index is 0.0845. The van der Waals surface area contributed by atoms with Crippen molar-refractivity contribution in [3.8, 4) is 0 Å². The molecule has 6 nitrogen and oxygen atoms in total. The molecule has 0 radical (unpaired) electrons. The average molecular weight is 336 g/mol. The number of hydrogen-bond donors (Lipinski definition) is 1. The van der Waals surface area contributed by atoms with Gasteiger partial charge in [-0.2, -0.15) is 9.83 Å². The van der Waals surface area contributed by atoms with Crippen LogP contribution in [0.15, 0.2) is 54.7 Å². The quantitative estimate of drug-likeness (QED) is 0.573. The van der Waals surface area contributed by atoms with Gasteiger partial charge in [0.25, 0.3) is 5.69 Å². The number of nitrogens with one attached hydrogen (secondary N) is 1. The maximum Gasteiger partial charge on any atom is 0.317 e. The maximum absolute atomic E-state index is 12.1. The van der Waals surface area contributed by atoms with Gasteiger partial charge in [0, 0.05) is 24.4 Å². The number of pyridine rings is 1. The van der Waals surface area contributed by atoms with Crippen molar-refractivity contribution in [2.45, 2.75) is 26.9 Å². The Morgan fingerprint density at radius 3 is 2.68 bits per heavy atom. The van der Waals surface area contributed by atoms with E-state index in [1.807, 2.05) is 48.9 Å². The summed E-state index contributed by atoms with van der Waals surface area (Å²) in [5.74, 6) is -0.389. The Kier molecular flexibility index (Phi) is 4.79. The van der Waals surface area contributed by atoms with Crippen molar-refractivity contribution >= 4 is 5.91 Å². The van der Waals surface area contributed by atoms with E-state index >= 15 is 0 Å². The number of carbonyl (C=O) groups is 1. The first-order chi connectivity index (χ1) is 12.0. The molecular formula is C19H20N4O2. The van der Waals surface area contributed by atoms with Crippen LogP contribution in [0, 0.1) is 19.1 Å². The summed E-state index contributed by atoms with van der Waals surface area (Å²) in [5, 5.41) is 18.9. The van der Waals surface area contributed by atoms with Crippen molar-refractivity contribution < 1.29 is 9.52 Å². The van der Waals surface area contributed by atoms with E-state index in [2.05, 4.69) is 10.4 Å². The smallest absolute Gasteiger partial charge is 0.317 e. The summed E-state index contributed by atoms with van der Waals surface area (Å²) in [6.45, 7) is 5.04. The highest BCUT2D eigenvalue weighted by molar-refractivity contribution is 5.90. The molecule has 6 heteroatoms. The molecular weight excluding hydrogens is 316 g/mol. The highest BCUT2D eigenvalue weighted by Gasteiger charge is 2.14. The lowest BCUT2D eigenvalue weighted by Crippen LogP contribution is -2.38. The van der Waals surface area contributed by atoms with E-state index in [9.17, 15) is 10.0 Å². The molecule has 1 aromatic carbocycles.